The molecule has 0 spiro atoms. The normalized spacial score (nSPS) is 23.6. The number of rotatable bonds is 8. The highest BCUT2D eigenvalue weighted by Gasteiger charge is 2.62. The van der Waals surface area contributed by atoms with Crippen molar-refractivity contribution in [2.75, 3.05) is 0 Å². The van der Waals surface area contributed by atoms with Crippen LogP contribution in [0.2, 0.25) is 0 Å². The number of carbonyl (C=O) groups excluding carboxylic acids is 2. The molecular weight excluding hydrogens is 448 g/mol. The van der Waals surface area contributed by atoms with Crippen molar-refractivity contribution in [3.8, 4) is 17.6 Å². The van der Waals surface area contributed by atoms with Gasteiger partial charge in [0.15, 0.2) is 0 Å². The smallest absolute Gasteiger partial charge is 0.343 e. The van der Waals surface area contributed by atoms with Crippen molar-refractivity contribution in [3.63, 3.8) is 0 Å². The fourth-order valence-corrected chi connectivity index (χ4v) is 5.83. The molecule has 4 heteroatoms. The second kappa shape index (κ2) is 10.9. The predicted octanol–water partition coefficient (Wildman–Crippen LogP) is 7.60. The Bertz CT molecular complexity index is 1130. The molecule has 0 aromatic heterocycles. The van der Waals surface area contributed by atoms with Gasteiger partial charge in [0.25, 0.3) is 0 Å². The Labute approximate surface area is 215 Å². The van der Waals surface area contributed by atoms with Crippen molar-refractivity contribution < 1.29 is 19.1 Å². The summed E-state index contributed by atoms with van der Waals surface area (Å²) in [5.74, 6) is 6.59. The van der Waals surface area contributed by atoms with Crippen LogP contribution in [-0.4, -0.2) is 18.0 Å². The minimum atomic E-state index is -0.443. The van der Waals surface area contributed by atoms with Crippen LogP contribution in [0, 0.1) is 28.6 Å². The molecule has 36 heavy (non-hydrogen) atoms. The molecule has 0 heterocycles. The number of unbranched alkanes of at least 4 members (excludes halogenated alkanes) is 4. The van der Waals surface area contributed by atoms with Crippen LogP contribution < -0.4 is 4.74 Å². The quantitative estimate of drug-likeness (QED) is 0.167. The number of hydrogen-bond acceptors (Lipinski definition) is 4. The molecule has 0 N–H and O–H groups in total. The Morgan fingerprint density at radius 3 is 2.19 bits per heavy atom. The first-order valence-corrected chi connectivity index (χ1v) is 13.4. The third kappa shape index (κ3) is 5.36. The molecule has 0 amide bonds. The highest BCUT2D eigenvalue weighted by molar-refractivity contribution is 5.92. The summed E-state index contributed by atoms with van der Waals surface area (Å²) < 4.78 is 11.5. The van der Waals surface area contributed by atoms with Gasteiger partial charge in [0.2, 0.25) is 0 Å². The lowest BCUT2D eigenvalue weighted by molar-refractivity contribution is -0.0242. The van der Waals surface area contributed by atoms with Gasteiger partial charge in [0, 0.05) is 17.4 Å². The topological polar surface area (TPSA) is 52.6 Å². The summed E-state index contributed by atoms with van der Waals surface area (Å²) >= 11 is 0. The van der Waals surface area contributed by atoms with Gasteiger partial charge in [-0.25, -0.2) is 9.59 Å². The molecule has 2 aromatic rings. The van der Waals surface area contributed by atoms with Crippen molar-refractivity contribution in [1.82, 2.24) is 0 Å². The SMILES string of the molecule is CCCCCCC#Cc1ccc(C(=O)Oc2ccc(C(=O)O[C@@H]3CC4CC[C@@]3(C)C4(C)C)cc2)cc1. The lowest BCUT2D eigenvalue weighted by Crippen LogP contribution is -2.38. The Kier molecular flexibility index (Phi) is 7.88. The first kappa shape index (κ1) is 26.0. The average Bonchev–Trinajstić information content (AvgIpc) is 3.20. The minimum absolute atomic E-state index is 0.0264. The van der Waals surface area contributed by atoms with E-state index < -0.39 is 5.97 Å². The van der Waals surface area contributed by atoms with Gasteiger partial charge < -0.3 is 9.47 Å². The molecule has 2 saturated carbocycles. The van der Waals surface area contributed by atoms with Crippen LogP contribution in [0.1, 0.15) is 105 Å². The minimum Gasteiger partial charge on any atom is -0.458 e. The van der Waals surface area contributed by atoms with E-state index >= 15 is 0 Å². The molecule has 2 aliphatic carbocycles. The lowest BCUT2D eigenvalue weighted by atomic mass is 9.70. The van der Waals surface area contributed by atoms with Crippen LogP contribution in [0.4, 0.5) is 0 Å². The van der Waals surface area contributed by atoms with Gasteiger partial charge >= 0.3 is 11.9 Å². The van der Waals surface area contributed by atoms with Crippen molar-refractivity contribution in [2.24, 2.45) is 16.7 Å². The Morgan fingerprint density at radius 2 is 1.58 bits per heavy atom. The molecule has 0 radical (unpaired) electrons. The summed E-state index contributed by atoms with van der Waals surface area (Å²) in [4.78, 5) is 25.4. The van der Waals surface area contributed by atoms with Crippen molar-refractivity contribution in [1.29, 1.82) is 0 Å². The lowest BCUT2D eigenvalue weighted by Gasteiger charge is -2.38. The molecule has 2 aromatic carbocycles. The average molecular weight is 487 g/mol. The van der Waals surface area contributed by atoms with E-state index in [1.807, 2.05) is 12.1 Å². The van der Waals surface area contributed by atoms with E-state index in [4.69, 9.17) is 9.47 Å². The fraction of sp³-hybridized carbons (Fsp3) is 0.500. The van der Waals surface area contributed by atoms with E-state index in [1.54, 1.807) is 36.4 Å². The van der Waals surface area contributed by atoms with Gasteiger partial charge in [-0.3, -0.25) is 0 Å². The summed E-state index contributed by atoms with van der Waals surface area (Å²) in [6.07, 6.45) is 8.92. The van der Waals surface area contributed by atoms with Crippen LogP contribution in [0.5, 0.6) is 5.75 Å². The third-order valence-electron chi connectivity index (χ3n) is 8.77. The van der Waals surface area contributed by atoms with Gasteiger partial charge in [0.1, 0.15) is 11.9 Å². The van der Waals surface area contributed by atoms with Gasteiger partial charge in [-0.2, -0.15) is 0 Å². The highest BCUT2D eigenvalue weighted by Crippen LogP contribution is 2.66. The summed E-state index contributed by atoms with van der Waals surface area (Å²) in [5.41, 5.74) is 2.03. The molecule has 2 bridgehead atoms. The van der Waals surface area contributed by atoms with Crippen LogP contribution in [0.25, 0.3) is 0 Å². The molecule has 2 aliphatic rings. The summed E-state index contributed by atoms with van der Waals surface area (Å²) in [6, 6.07) is 13.7. The third-order valence-corrected chi connectivity index (χ3v) is 8.77. The van der Waals surface area contributed by atoms with Crippen LogP contribution >= 0.6 is 0 Å². The summed E-state index contributed by atoms with van der Waals surface area (Å²) in [6.45, 7) is 9.06. The van der Waals surface area contributed by atoms with Crippen LogP contribution in [0.3, 0.4) is 0 Å². The van der Waals surface area contributed by atoms with E-state index in [2.05, 4.69) is 39.5 Å². The van der Waals surface area contributed by atoms with Gasteiger partial charge in [-0.05, 0) is 85.5 Å². The van der Waals surface area contributed by atoms with Gasteiger partial charge in [-0.15, -0.1) is 0 Å². The first-order valence-electron chi connectivity index (χ1n) is 13.4. The van der Waals surface area contributed by atoms with Crippen LogP contribution in [0.15, 0.2) is 48.5 Å². The highest BCUT2D eigenvalue weighted by atomic mass is 16.5. The monoisotopic (exact) mass is 486 g/mol. The van der Waals surface area contributed by atoms with E-state index in [9.17, 15) is 9.59 Å². The zero-order valence-electron chi connectivity index (χ0n) is 22.1. The number of benzene rings is 2. The number of esters is 2. The molecule has 4 nitrogen and oxygen atoms in total. The maximum Gasteiger partial charge on any atom is 0.343 e. The van der Waals surface area contributed by atoms with E-state index in [-0.39, 0.29) is 22.9 Å². The predicted molar refractivity (Wildman–Crippen MR) is 142 cm³/mol. The number of fused-ring (bicyclic) bond motifs is 2. The van der Waals surface area contributed by atoms with E-state index in [0.717, 1.165) is 31.2 Å². The summed E-state index contributed by atoms with van der Waals surface area (Å²) in [7, 11) is 0. The van der Waals surface area contributed by atoms with Gasteiger partial charge in [-0.1, -0.05) is 58.8 Å². The van der Waals surface area contributed by atoms with Crippen molar-refractivity contribution in [3.05, 3.63) is 65.2 Å². The maximum absolute atomic E-state index is 12.8. The molecule has 0 aliphatic heterocycles. The Hall–Kier alpha value is -3.06. The fourth-order valence-electron chi connectivity index (χ4n) is 5.83. The molecule has 3 atom stereocenters. The number of ether oxygens (including phenoxy) is 2. The molecule has 1 unspecified atom stereocenters. The molecule has 190 valence electrons. The Balaban J connectivity index is 1.29. The second-order valence-electron chi connectivity index (χ2n) is 11.1. The van der Waals surface area contributed by atoms with Crippen molar-refractivity contribution in [2.45, 2.75) is 85.2 Å². The standard InChI is InChI=1S/C32H38O4/c1-5-6-7-8-9-10-11-23-12-14-24(15-13-23)29(33)35-27-18-16-25(17-19-27)30(34)36-28-22-26-20-21-32(28,4)31(26,2)3/h12-19,26,28H,5-9,20-22H2,1-4H3/t26?,28-,32-/m1/s1. The molecule has 2 fully saturated rings. The van der Waals surface area contributed by atoms with Crippen molar-refractivity contribution >= 4 is 11.9 Å². The second-order valence-corrected chi connectivity index (χ2v) is 11.1. The zero-order valence-corrected chi connectivity index (χ0v) is 22.1. The molecule has 4 rings (SSSR count). The summed E-state index contributed by atoms with van der Waals surface area (Å²) in [5, 5.41) is 0. The maximum atomic E-state index is 12.8. The van der Waals surface area contributed by atoms with Gasteiger partial charge in [0.05, 0.1) is 11.1 Å². The number of carbonyl (C=O) groups is 2. The molecular formula is C32H38O4. The van der Waals surface area contributed by atoms with E-state index in [1.165, 1.54) is 25.7 Å². The Morgan fingerprint density at radius 1 is 0.917 bits per heavy atom. The van der Waals surface area contributed by atoms with E-state index in [0.29, 0.717) is 22.8 Å². The molecule has 0 saturated heterocycles. The number of hydrogen-bond donors (Lipinski definition) is 0. The zero-order chi connectivity index (χ0) is 25.8. The van der Waals surface area contributed by atoms with Crippen LogP contribution in [-0.2, 0) is 4.74 Å². The first-order chi connectivity index (χ1) is 17.2. The largest absolute Gasteiger partial charge is 0.458 e.